The average Bonchev–Trinajstić information content (AvgIpc) is 1.86. The molecule has 1 unspecified atom stereocenters. The molecule has 0 aliphatic heterocycles. The predicted octanol–water partition coefficient (Wildman–Crippen LogP) is 3.23. The van der Waals surface area contributed by atoms with Crippen molar-refractivity contribution in [1.29, 1.82) is 0 Å². The molecule has 6 heteroatoms. The fraction of sp³-hybridized carbons (Fsp3) is 0.500. The first-order valence-electron chi connectivity index (χ1n) is 2.19. The van der Waals surface area contributed by atoms with E-state index in [0.29, 0.717) is 0 Å². The van der Waals surface area contributed by atoms with Crippen molar-refractivity contribution in [2.75, 3.05) is 6.66 Å². The van der Waals surface area contributed by atoms with Gasteiger partial charge in [0.2, 0.25) is 0 Å². The van der Waals surface area contributed by atoms with E-state index in [2.05, 4.69) is 11.6 Å². The van der Waals surface area contributed by atoms with E-state index in [1.54, 1.807) is 0 Å². The van der Waals surface area contributed by atoms with E-state index >= 15 is 0 Å². The summed E-state index contributed by atoms with van der Waals surface area (Å²) in [6.07, 6.45) is -2.51. The van der Waals surface area contributed by atoms with Crippen molar-refractivity contribution in [3.05, 3.63) is 11.1 Å². The molecule has 10 heavy (non-hydrogen) atoms. The Balaban J connectivity index is 4.49. The van der Waals surface area contributed by atoms with Gasteiger partial charge in [0.1, 0.15) is 0 Å². The van der Waals surface area contributed by atoms with Gasteiger partial charge in [0, 0.05) is 0 Å². The molecule has 0 aliphatic rings. The number of rotatable bonds is 2. The van der Waals surface area contributed by atoms with E-state index in [0.717, 1.165) is 6.66 Å². The van der Waals surface area contributed by atoms with Crippen molar-refractivity contribution in [1.82, 2.24) is 0 Å². The molecule has 0 aromatic rings. The summed E-state index contributed by atoms with van der Waals surface area (Å²) in [7, 11) is -0.946. The van der Waals surface area contributed by atoms with Crippen LogP contribution in [0.25, 0.3) is 0 Å². The Morgan fingerprint density at radius 3 is 1.90 bits per heavy atom. The van der Waals surface area contributed by atoms with Crippen LogP contribution in [-0.4, -0.2) is 12.3 Å². The quantitative estimate of drug-likeness (QED) is 0.468. The molecule has 1 atom stereocenters. The molecule has 0 aromatic heterocycles. The molecule has 0 radical (unpaired) electrons. The summed E-state index contributed by atoms with van der Waals surface area (Å²) >= 11 is 4.59. The fourth-order valence-electron chi connectivity index (χ4n) is 0.228. The SMILES string of the molecule is CPC(F)(F)C(Cl)=C(F)F. The van der Waals surface area contributed by atoms with Crippen LogP contribution in [0, 0.1) is 0 Å². The lowest BCUT2D eigenvalue weighted by Crippen LogP contribution is -2.08. The van der Waals surface area contributed by atoms with Crippen LogP contribution < -0.4 is 0 Å². The van der Waals surface area contributed by atoms with Crippen molar-refractivity contribution >= 4 is 20.2 Å². The van der Waals surface area contributed by atoms with Gasteiger partial charge in [-0.15, -0.1) is 0 Å². The highest BCUT2D eigenvalue weighted by molar-refractivity contribution is 7.39. The second-order valence-corrected chi connectivity index (χ2v) is 2.90. The smallest absolute Gasteiger partial charge is 0.195 e. The maximum Gasteiger partial charge on any atom is 0.301 e. The summed E-state index contributed by atoms with van der Waals surface area (Å²) in [6, 6.07) is 0. The van der Waals surface area contributed by atoms with E-state index in [4.69, 9.17) is 0 Å². The molecule has 0 N–H and O–H groups in total. The lowest BCUT2D eigenvalue weighted by Gasteiger charge is -2.10. The van der Waals surface area contributed by atoms with E-state index in [1.807, 2.05) is 0 Å². The van der Waals surface area contributed by atoms with E-state index in [9.17, 15) is 17.6 Å². The maximum absolute atomic E-state index is 12.1. The molecule has 0 nitrogen and oxygen atoms in total. The minimum absolute atomic E-state index is 0.946. The van der Waals surface area contributed by atoms with Gasteiger partial charge in [-0.25, -0.2) is 0 Å². The summed E-state index contributed by atoms with van der Waals surface area (Å²) in [5, 5.41) is -1.65. The van der Waals surface area contributed by atoms with Gasteiger partial charge in [-0.2, -0.15) is 17.6 Å². The largest absolute Gasteiger partial charge is 0.301 e. The third-order valence-corrected chi connectivity index (χ3v) is 2.17. The minimum Gasteiger partial charge on any atom is -0.195 e. The maximum atomic E-state index is 12.1. The highest BCUT2D eigenvalue weighted by Crippen LogP contribution is 2.42. The highest BCUT2D eigenvalue weighted by atomic mass is 35.5. The Hall–Kier alpha value is 0.180. The third-order valence-electron chi connectivity index (χ3n) is 0.756. The molecule has 60 valence electrons. The summed E-state index contributed by atoms with van der Waals surface area (Å²) < 4.78 is 47.0. The number of hydrogen-bond acceptors (Lipinski definition) is 0. The Labute approximate surface area is 62.0 Å². The Morgan fingerprint density at radius 1 is 1.40 bits per heavy atom. The molecular weight excluding hydrogens is 190 g/mol. The Bertz CT molecular complexity index is 151. The third kappa shape index (κ3) is 2.43. The van der Waals surface area contributed by atoms with Crippen molar-refractivity contribution in [2.45, 2.75) is 5.66 Å². The summed E-state index contributed by atoms with van der Waals surface area (Å²) in [5.41, 5.74) is -3.56. The zero-order valence-corrected chi connectivity index (χ0v) is 6.65. The van der Waals surface area contributed by atoms with Crippen LogP contribution in [0.15, 0.2) is 11.1 Å². The van der Waals surface area contributed by atoms with E-state index < -0.39 is 25.4 Å². The van der Waals surface area contributed by atoms with Crippen LogP contribution in [0.5, 0.6) is 0 Å². The Kier molecular flexibility index (Phi) is 3.60. The minimum atomic E-state index is -3.56. The van der Waals surface area contributed by atoms with Gasteiger partial charge < -0.3 is 0 Å². The van der Waals surface area contributed by atoms with Gasteiger partial charge in [-0.3, -0.25) is 0 Å². The number of hydrogen-bond donors (Lipinski definition) is 0. The molecule has 0 amide bonds. The van der Waals surface area contributed by atoms with Gasteiger partial charge in [0.25, 0.3) is 6.08 Å². The van der Waals surface area contributed by atoms with Crippen LogP contribution in [0.1, 0.15) is 0 Å². The molecule has 0 aliphatic carbocycles. The topological polar surface area (TPSA) is 0 Å². The van der Waals surface area contributed by atoms with Gasteiger partial charge in [0.15, 0.2) is 5.03 Å². The van der Waals surface area contributed by atoms with E-state index in [1.165, 1.54) is 0 Å². The van der Waals surface area contributed by atoms with Gasteiger partial charge in [-0.1, -0.05) is 11.6 Å². The number of alkyl halides is 2. The van der Waals surface area contributed by atoms with Crippen molar-refractivity contribution in [3.63, 3.8) is 0 Å². The molecule has 0 saturated heterocycles. The first kappa shape index (κ1) is 10.2. The lowest BCUT2D eigenvalue weighted by atomic mass is 10.6. The van der Waals surface area contributed by atoms with Crippen LogP contribution >= 0.6 is 20.2 Å². The first-order valence-corrected chi connectivity index (χ1v) is 4.07. The number of allylic oxidation sites excluding steroid dienone is 1. The van der Waals surface area contributed by atoms with Crippen LogP contribution in [0.4, 0.5) is 17.6 Å². The monoisotopic (exact) mass is 194 g/mol. The Morgan fingerprint density at radius 2 is 1.80 bits per heavy atom. The van der Waals surface area contributed by atoms with E-state index in [-0.39, 0.29) is 0 Å². The van der Waals surface area contributed by atoms with Gasteiger partial charge >= 0.3 is 5.66 Å². The predicted molar refractivity (Wildman–Crippen MR) is 34.3 cm³/mol. The fourth-order valence-corrected chi connectivity index (χ4v) is 0.826. The molecule has 0 heterocycles. The summed E-state index contributed by atoms with van der Waals surface area (Å²) in [5.74, 6) is 0. The molecule has 0 aromatic carbocycles. The summed E-state index contributed by atoms with van der Waals surface area (Å²) in [6.45, 7) is 1.10. The molecule has 0 fully saturated rings. The number of halogens is 5. The zero-order valence-electron chi connectivity index (χ0n) is 4.89. The lowest BCUT2D eigenvalue weighted by molar-refractivity contribution is 0.145. The molecule has 0 bridgehead atoms. The average molecular weight is 194 g/mol. The van der Waals surface area contributed by atoms with Crippen LogP contribution in [0.2, 0.25) is 0 Å². The van der Waals surface area contributed by atoms with Gasteiger partial charge in [-0.05, 0) is 15.2 Å². The molecule has 0 saturated carbocycles. The van der Waals surface area contributed by atoms with Crippen molar-refractivity contribution in [3.8, 4) is 0 Å². The zero-order chi connectivity index (χ0) is 8.36. The molecular formula is C4H4ClF4P. The molecule has 0 rings (SSSR count). The molecule has 0 spiro atoms. The normalized spacial score (nSPS) is 12.6. The standard InChI is InChI=1S/C4H4ClF4P/c1-10-4(8,9)2(5)3(6)7/h10H,1H3. The van der Waals surface area contributed by atoms with Crippen LogP contribution in [0.3, 0.4) is 0 Å². The summed E-state index contributed by atoms with van der Waals surface area (Å²) in [4.78, 5) is 0. The highest BCUT2D eigenvalue weighted by Gasteiger charge is 2.34. The first-order chi connectivity index (χ1) is 4.41. The van der Waals surface area contributed by atoms with Crippen LogP contribution in [-0.2, 0) is 0 Å². The van der Waals surface area contributed by atoms with Crippen molar-refractivity contribution in [2.24, 2.45) is 0 Å². The van der Waals surface area contributed by atoms with Crippen molar-refractivity contribution < 1.29 is 17.6 Å². The van der Waals surface area contributed by atoms with Gasteiger partial charge in [0.05, 0.1) is 0 Å². The second kappa shape index (κ2) is 3.54. The second-order valence-electron chi connectivity index (χ2n) is 1.40.